The zero-order chi connectivity index (χ0) is 20.7. The number of nitrogens with zero attached hydrogens (tertiary/aromatic N) is 2. The SMILES string of the molecule is O=c1c2c3c(sc2nc(SCc2c(F)cccc2Cl)n1Cc1ccco1)CCCC3. The first-order valence-corrected chi connectivity index (χ1v) is 11.9. The Labute approximate surface area is 185 Å². The molecule has 1 aliphatic rings. The average Bonchev–Trinajstić information content (AvgIpc) is 3.37. The second-order valence-electron chi connectivity index (χ2n) is 7.24. The maximum Gasteiger partial charge on any atom is 0.263 e. The molecule has 0 aliphatic heterocycles. The molecule has 0 fully saturated rings. The van der Waals surface area contributed by atoms with E-state index in [0.717, 1.165) is 41.5 Å². The number of hydrogen-bond acceptors (Lipinski definition) is 5. The lowest BCUT2D eigenvalue weighted by Gasteiger charge is -2.13. The standard InChI is InChI=1S/C22H18ClFN2O2S2/c23-16-7-3-8-17(24)15(16)12-29-22-25-20-19(14-6-1-2-9-18(14)30-20)21(27)26(22)11-13-5-4-10-28-13/h3-5,7-8,10H,1-2,6,9,11-12H2. The van der Waals surface area contributed by atoms with Gasteiger partial charge in [0, 0.05) is 21.2 Å². The topological polar surface area (TPSA) is 48.0 Å². The molecule has 0 saturated carbocycles. The molecule has 154 valence electrons. The number of thiophene rings is 1. The first-order chi connectivity index (χ1) is 14.6. The van der Waals surface area contributed by atoms with E-state index in [1.165, 1.54) is 22.7 Å². The van der Waals surface area contributed by atoms with Gasteiger partial charge < -0.3 is 4.42 Å². The summed E-state index contributed by atoms with van der Waals surface area (Å²) in [7, 11) is 0. The van der Waals surface area contributed by atoms with Crippen molar-refractivity contribution in [3.8, 4) is 0 Å². The van der Waals surface area contributed by atoms with Gasteiger partial charge in [0.25, 0.3) is 5.56 Å². The van der Waals surface area contributed by atoms with E-state index < -0.39 is 0 Å². The normalized spacial score (nSPS) is 13.7. The highest BCUT2D eigenvalue weighted by Crippen LogP contribution is 2.35. The van der Waals surface area contributed by atoms with Crippen LogP contribution in [0.5, 0.6) is 0 Å². The lowest BCUT2D eigenvalue weighted by atomic mass is 9.97. The van der Waals surface area contributed by atoms with E-state index >= 15 is 0 Å². The van der Waals surface area contributed by atoms with E-state index in [0.29, 0.717) is 21.5 Å². The molecule has 0 spiro atoms. The summed E-state index contributed by atoms with van der Waals surface area (Å²) in [5.74, 6) is 0.600. The van der Waals surface area contributed by atoms with Crippen LogP contribution in [0.3, 0.4) is 0 Å². The number of benzene rings is 1. The Morgan fingerprint density at radius 2 is 2.10 bits per heavy atom. The van der Waals surface area contributed by atoms with Gasteiger partial charge in [-0.1, -0.05) is 29.4 Å². The fraction of sp³-hybridized carbons (Fsp3) is 0.273. The molecule has 0 unspecified atom stereocenters. The Bertz CT molecular complexity index is 1260. The van der Waals surface area contributed by atoms with Crippen LogP contribution in [0.15, 0.2) is 51.0 Å². The minimum Gasteiger partial charge on any atom is -0.467 e. The predicted octanol–water partition coefficient (Wildman–Crippen LogP) is 6.06. The third-order valence-corrected chi connectivity index (χ3v) is 7.88. The monoisotopic (exact) mass is 460 g/mol. The number of hydrogen-bond donors (Lipinski definition) is 0. The summed E-state index contributed by atoms with van der Waals surface area (Å²) in [4.78, 5) is 20.4. The quantitative estimate of drug-likeness (QED) is 0.268. The summed E-state index contributed by atoms with van der Waals surface area (Å²) < 4.78 is 21.4. The Hall–Kier alpha value is -2.09. The molecule has 30 heavy (non-hydrogen) atoms. The first-order valence-electron chi connectivity index (χ1n) is 9.75. The molecule has 0 bridgehead atoms. The zero-order valence-corrected chi connectivity index (χ0v) is 18.4. The minimum atomic E-state index is -0.359. The summed E-state index contributed by atoms with van der Waals surface area (Å²) >= 11 is 9.12. The molecule has 5 rings (SSSR count). The number of halogens is 2. The van der Waals surface area contributed by atoms with Crippen molar-refractivity contribution >= 4 is 44.9 Å². The summed E-state index contributed by atoms with van der Waals surface area (Å²) in [5.41, 5.74) is 1.51. The molecule has 0 N–H and O–H groups in total. The zero-order valence-electron chi connectivity index (χ0n) is 16.0. The van der Waals surface area contributed by atoms with Crippen molar-refractivity contribution in [3.05, 3.63) is 79.6 Å². The van der Waals surface area contributed by atoms with E-state index in [-0.39, 0.29) is 23.7 Å². The second-order valence-corrected chi connectivity index (χ2v) is 9.68. The fourth-order valence-electron chi connectivity index (χ4n) is 3.83. The van der Waals surface area contributed by atoms with E-state index in [1.54, 1.807) is 40.4 Å². The van der Waals surface area contributed by atoms with E-state index in [2.05, 4.69) is 0 Å². The molecular weight excluding hydrogens is 443 g/mol. The van der Waals surface area contributed by atoms with Crippen molar-refractivity contribution in [2.75, 3.05) is 0 Å². The maximum atomic E-state index is 14.2. The number of aryl methyl sites for hydroxylation is 2. The molecule has 3 heterocycles. The van der Waals surface area contributed by atoms with E-state index in [9.17, 15) is 9.18 Å². The second kappa shape index (κ2) is 8.21. The van der Waals surface area contributed by atoms with Crippen molar-refractivity contribution in [2.45, 2.75) is 43.1 Å². The molecule has 0 radical (unpaired) electrons. The number of furan rings is 1. The van der Waals surface area contributed by atoms with Crippen molar-refractivity contribution in [1.29, 1.82) is 0 Å². The average molecular weight is 461 g/mol. The highest BCUT2D eigenvalue weighted by Gasteiger charge is 2.23. The van der Waals surface area contributed by atoms with Gasteiger partial charge >= 0.3 is 0 Å². The van der Waals surface area contributed by atoms with Gasteiger partial charge in [0.2, 0.25) is 0 Å². The molecule has 0 saturated heterocycles. The summed E-state index contributed by atoms with van der Waals surface area (Å²) in [6.07, 6.45) is 5.75. The van der Waals surface area contributed by atoms with Crippen LogP contribution < -0.4 is 5.56 Å². The van der Waals surface area contributed by atoms with Gasteiger partial charge in [0.1, 0.15) is 16.4 Å². The summed E-state index contributed by atoms with van der Waals surface area (Å²) in [6.45, 7) is 0.284. The number of thioether (sulfide) groups is 1. The Morgan fingerprint density at radius 1 is 1.23 bits per heavy atom. The van der Waals surface area contributed by atoms with Crippen LogP contribution >= 0.6 is 34.7 Å². The molecule has 1 aliphatic carbocycles. The third kappa shape index (κ3) is 3.59. The lowest BCUT2D eigenvalue weighted by Crippen LogP contribution is -2.24. The highest BCUT2D eigenvalue weighted by atomic mass is 35.5. The Morgan fingerprint density at radius 3 is 2.90 bits per heavy atom. The third-order valence-electron chi connectivity index (χ3n) is 5.34. The smallest absolute Gasteiger partial charge is 0.263 e. The van der Waals surface area contributed by atoms with Gasteiger partial charge in [-0.25, -0.2) is 9.37 Å². The van der Waals surface area contributed by atoms with Crippen LogP contribution in [0, 0.1) is 5.82 Å². The van der Waals surface area contributed by atoms with Gasteiger partial charge in [-0.05, 0) is 55.5 Å². The summed E-state index contributed by atoms with van der Waals surface area (Å²) in [5, 5.41) is 1.64. The van der Waals surface area contributed by atoms with Crippen LogP contribution in [0.4, 0.5) is 4.39 Å². The first kappa shape index (κ1) is 19.8. The molecule has 0 amide bonds. The van der Waals surface area contributed by atoms with Gasteiger partial charge in [-0.3, -0.25) is 9.36 Å². The molecule has 3 aromatic heterocycles. The lowest BCUT2D eigenvalue weighted by molar-refractivity contribution is 0.476. The molecule has 0 atom stereocenters. The van der Waals surface area contributed by atoms with Crippen LogP contribution in [0.2, 0.25) is 5.02 Å². The van der Waals surface area contributed by atoms with E-state index in [4.69, 9.17) is 21.0 Å². The van der Waals surface area contributed by atoms with Gasteiger partial charge in [0.15, 0.2) is 5.16 Å². The van der Waals surface area contributed by atoms with Crippen LogP contribution in [0.25, 0.3) is 10.2 Å². The summed E-state index contributed by atoms with van der Waals surface area (Å²) in [6, 6.07) is 8.27. The number of fused-ring (bicyclic) bond motifs is 3. The van der Waals surface area contributed by atoms with E-state index in [1.807, 2.05) is 6.07 Å². The molecule has 4 nitrogen and oxygen atoms in total. The Balaban J connectivity index is 1.61. The van der Waals surface area contributed by atoms with Crippen LogP contribution in [0.1, 0.15) is 34.6 Å². The van der Waals surface area contributed by atoms with Crippen molar-refractivity contribution in [2.24, 2.45) is 0 Å². The maximum absolute atomic E-state index is 14.2. The van der Waals surface area contributed by atoms with Crippen molar-refractivity contribution < 1.29 is 8.81 Å². The van der Waals surface area contributed by atoms with Crippen LogP contribution in [-0.4, -0.2) is 9.55 Å². The van der Waals surface area contributed by atoms with Crippen molar-refractivity contribution in [3.63, 3.8) is 0 Å². The van der Waals surface area contributed by atoms with Gasteiger partial charge in [0.05, 0.1) is 18.2 Å². The Kier molecular flexibility index (Phi) is 5.43. The number of rotatable bonds is 5. The molecule has 4 aromatic rings. The number of aromatic nitrogens is 2. The fourth-order valence-corrected chi connectivity index (χ4v) is 6.48. The molecular formula is C22H18ClFN2O2S2. The van der Waals surface area contributed by atoms with Gasteiger partial charge in [-0.15, -0.1) is 11.3 Å². The van der Waals surface area contributed by atoms with Crippen LogP contribution in [-0.2, 0) is 25.1 Å². The molecule has 8 heteroatoms. The molecule has 1 aromatic carbocycles. The predicted molar refractivity (Wildman–Crippen MR) is 119 cm³/mol. The highest BCUT2D eigenvalue weighted by molar-refractivity contribution is 7.98. The minimum absolute atomic E-state index is 0.0575. The van der Waals surface area contributed by atoms with Gasteiger partial charge in [-0.2, -0.15) is 0 Å². The van der Waals surface area contributed by atoms with Crippen molar-refractivity contribution in [1.82, 2.24) is 9.55 Å². The largest absolute Gasteiger partial charge is 0.467 e.